The minimum Gasteiger partial charge on any atom is -0.301 e. The van der Waals surface area contributed by atoms with Crippen molar-refractivity contribution in [3.63, 3.8) is 0 Å². The Labute approximate surface area is 92.2 Å². The molecule has 15 heavy (non-hydrogen) atoms. The molecule has 0 aliphatic carbocycles. The summed E-state index contributed by atoms with van der Waals surface area (Å²) in [5, 5.41) is 0. The first-order chi connectivity index (χ1) is 7.13. The fourth-order valence-corrected chi connectivity index (χ4v) is 2.30. The zero-order chi connectivity index (χ0) is 11.3. The first kappa shape index (κ1) is 12.5. The zero-order valence-electron chi connectivity index (χ0n) is 9.83. The van der Waals surface area contributed by atoms with Crippen LogP contribution in [0.1, 0.15) is 39.5 Å². The highest BCUT2D eigenvalue weighted by Crippen LogP contribution is 2.22. The third kappa shape index (κ3) is 4.18. The van der Waals surface area contributed by atoms with E-state index in [1.54, 1.807) is 0 Å². The predicted octanol–water partition coefficient (Wildman–Crippen LogP) is 0.877. The van der Waals surface area contributed by atoms with Gasteiger partial charge >= 0.3 is 0 Å². The van der Waals surface area contributed by atoms with E-state index in [-0.39, 0.29) is 5.91 Å². The molecule has 1 aliphatic heterocycles. The lowest BCUT2D eigenvalue weighted by molar-refractivity contribution is -0.121. The van der Waals surface area contributed by atoms with Gasteiger partial charge in [-0.3, -0.25) is 10.2 Å². The summed E-state index contributed by atoms with van der Waals surface area (Å²) in [6, 6.07) is 0.662. The normalized spacial score (nSPS) is 27.7. The zero-order valence-corrected chi connectivity index (χ0v) is 9.83. The molecule has 0 aromatic carbocycles. The molecule has 1 amide bonds. The van der Waals surface area contributed by atoms with Crippen LogP contribution in [0.4, 0.5) is 0 Å². The van der Waals surface area contributed by atoms with Crippen molar-refractivity contribution in [1.82, 2.24) is 10.3 Å². The summed E-state index contributed by atoms with van der Waals surface area (Å²) in [6.07, 6.45) is 4.01. The summed E-state index contributed by atoms with van der Waals surface area (Å²) in [6.45, 7) is 6.78. The van der Waals surface area contributed by atoms with Gasteiger partial charge in [-0.1, -0.05) is 6.92 Å². The number of carbonyl (C=O) groups excluding carboxylic acids is 1. The van der Waals surface area contributed by atoms with E-state index in [9.17, 15) is 4.79 Å². The monoisotopic (exact) mass is 213 g/mol. The molecule has 2 atom stereocenters. The highest BCUT2D eigenvalue weighted by molar-refractivity contribution is 5.75. The first-order valence-electron chi connectivity index (χ1n) is 5.87. The lowest BCUT2D eigenvalue weighted by atomic mass is 9.93. The summed E-state index contributed by atoms with van der Waals surface area (Å²) in [4.78, 5) is 13.4. The number of likely N-dealkylation sites (tertiary alicyclic amines) is 1. The summed E-state index contributed by atoms with van der Waals surface area (Å²) >= 11 is 0. The highest BCUT2D eigenvalue weighted by atomic mass is 16.2. The fraction of sp³-hybridized carbons (Fsp3) is 0.909. The summed E-state index contributed by atoms with van der Waals surface area (Å²) in [5.41, 5.74) is 2.16. The number of hydrogen-bond acceptors (Lipinski definition) is 3. The van der Waals surface area contributed by atoms with Gasteiger partial charge in [0.25, 0.3) is 0 Å². The van der Waals surface area contributed by atoms with Crippen molar-refractivity contribution in [3.05, 3.63) is 0 Å². The van der Waals surface area contributed by atoms with E-state index in [4.69, 9.17) is 5.84 Å². The van der Waals surface area contributed by atoms with E-state index < -0.39 is 0 Å². The molecule has 0 saturated carbocycles. The molecule has 1 saturated heterocycles. The summed E-state index contributed by atoms with van der Waals surface area (Å²) in [5.74, 6) is 5.81. The van der Waals surface area contributed by atoms with Crippen LogP contribution in [0.5, 0.6) is 0 Å². The Hall–Kier alpha value is -0.610. The minimum atomic E-state index is -0.0620. The molecule has 2 unspecified atom stereocenters. The highest BCUT2D eigenvalue weighted by Gasteiger charge is 2.22. The number of rotatable bonds is 4. The van der Waals surface area contributed by atoms with E-state index in [2.05, 4.69) is 24.2 Å². The van der Waals surface area contributed by atoms with Crippen LogP contribution in [0.3, 0.4) is 0 Å². The fourth-order valence-electron chi connectivity index (χ4n) is 2.30. The van der Waals surface area contributed by atoms with Crippen LogP contribution in [-0.2, 0) is 4.79 Å². The quantitative estimate of drug-likeness (QED) is 0.414. The number of hydrogen-bond donors (Lipinski definition) is 2. The van der Waals surface area contributed by atoms with Gasteiger partial charge in [-0.15, -0.1) is 0 Å². The maximum absolute atomic E-state index is 10.9. The molecule has 0 radical (unpaired) electrons. The van der Waals surface area contributed by atoms with Gasteiger partial charge in [-0.2, -0.15) is 0 Å². The molecule has 0 aromatic rings. The molecular weight excluding hydrogens is 190 g/mol. The Morgan fingerprint density at radius 3 is 2.87 bits per heavy atom. The van der Waals surface area contributed by atoms with Crippen LogP contribution in [0.15, 0.2) is 0 Å². The molecule has 88 valence electrons. The third-order valence-electron chi connectivity index (χ3n) is 3.29. The Morgan fingerprint density at radius 2 is 2.27 bits per heavy atom. The van der Waals surface area contributed by atoms with Gasteiger partial charge < -0.3 is 4.90 Å². The Kier molecular flexibility index (Phi) is 5.05. The maximum atomic E-state index is 10.9. The first-order valence-corrected chi connectivity index (χ1v) is 5.87. The molecule has 1 aliphatic rings. The van der Waals surface area contributed by atoms with Crippen molar-refractivity contribution >= 4 is 5.91 Å². The maximum Gasteiger partial charge on any atom is 0.233 e. The minimum absolute atomic E-state index is 0.0620. The SMILES string of the molecule is CC1CCN(CCCC(=O)NN)C(C)C1. The number of amides is 1. The van der Waals surface area contributed by atoms with E-state index in [0.717, 1.165) is 18.9 Å². The average Bonchev–Trinajstić information content (AvgIpc) is 2.21. The van der Waals surface area contributed by atoms with Crippen LogP contribution in [0.25, 0.3) is 0 Å². The molecule has 1 fully saturated rings. The van der Waals surface area contributed by atoms with E-state index >= 15 is 0 Å². The summed E-state index contributed by atoms with van der Waals surface area (Å²) < 4.78 is 0. The lowest BCUT2D eigenvalue weighted by Crippen LogP contribution is -2.41. The molecule has 1 heterocycles. The van der Waals surface area contributed by atoms with Crippen molar-refractivity contribution in [2.24, 2.45) is 11.8 Å². The molecule has 0 aromatic heterocycles. The van der Waals surface area contributed by atoms with Crippen LogP contribution in [-0.4, -0.2) is 29.9 Å². The van der Waals surface area contributed by atoms with Crippen molar-refractivity contribution in [2.75, 3.05) is 13.1 Å². The number of hydrazine groups is 1. The van der Waals surface area contributed by atoms with E-state index in [1.807, 2.05) is 0 Å². The van der Waals surface area contributed by atoms with Gasteiger partial charge in [-0.05, 0) is 45.2 Å². The van der Waals surface area contributed by atoms with Gasteiger partial charge in [0.15, 0.2) is 0 Å². The van der Waals surface area contributed by atoms with Gasteiger partial charge in [0.05, 0.1) is 0 Å². The smallest absolute Gasteiger partial charge is 0.233 e. The van der Waals surface area contributed by atoms with Gasteiger partial charge in [0.2, 0.25) is 5.91 Å². The molecule has 1 rings (SSSR count). The predicted molar refractivity (Wildman–Crippen MR) is 61.0 cm³/mol. The second-order valence-electron chi connectivity index (χ2n) is 4.69. The molecule has 0 bridgehead atoms. The number of nitrogens with zero attached hydrogens (tertiary/aromatic N) is 1. The second kappa shape index (κ2) is 6.08. The van der Waals surface area contributed by atoms with Gasteiger partial charge in [0, 0.05) is 12.5 Å². The van der Waals surface area contributed by atoms with Crippen molar-refractivity contribution < 1.29 is 4.79 Å². The molecular formula is C11H23N3O. The molecule has 4 heteroatoms. The average molecular weight is 213 g/mol. The lowest BCUT2D eigenvalue weighted by Gasteiger charge is -2.36. The van der Waals surface area contributed by atoms with Crippen LogP contribution < -0.4 is 11.3 Å². The second-order valence-corrected chi connectivity index (χ2v) is 4.69. The van der Waals surface area contributed by atoms with Crippen molar-refractivity contribution in [1.29, 1.82) is 0 Å². The van der Waals surface area contributed by atoms with Crippen LogP contribution in [0.2, 0.25) is 0 Å². The molecule has 3 N–H and O–H groups in total. The third-order valence-corrected chi connectivity index (χ3v) is 3.29. The number of carbonyl (C=O) groups is 1. The number of piperidine rings is 1. The number of nitrogens with two attached hydrogens (primary N) is 1. The molecule has 0 spiro atoms. The van der Waals surface area contributed by atoms with Gasteiger partial charge in [-0.25, -0.2) is 5.84 Å². The Bertz CT molecular complexity index is 208. The Balaban J connectivity index is 2.18. The standard InChI is InChI=1S/C11H23N3O/c1-9-5-7-14(10(2)8-9)6-3-4-11(15)13-12/h9-10H,3-8,12H2,1-2H3,(H,13,15). The summed E-state index contributed by atoms with van der Waals surface area (Å²) in [7, 11) is 0. The van der Waals surface area contributed by atoms with E-state index in [0.29, 0.717) is 12.5 Å². The number of nitrogens with one attached hydrogen (secondary N) is 1. The van der Waals surface area contributed by atoms with Crippen LogP contribution >= 0.6 is 0 Å². The topological polar surface area (TPSA) is 58.4 Å². The molecule has 4 nitrogen and oxygen atoms in total. The largest absolute Gasteiger partial charge is 0.301 e. The van der Waals surface area contributed by atoms with Crippen LogP contribution in [0, 0.1) is 5.92 Å². The van der Waals surface area contributed by atoms with Crippen molar-refractivity contribution in [3.8, 4) is 0 Å². The Morgan fingerprint density at radius 1 is 1.53 bits per heavy atom. The van der Waals surface area contributed by atoms with Gasteiger partial charge in [0.1, 0.15) is 0 Å². The van der Waals surface area contributed by atoms with Crippen molar-refractivity contribution in [2.45, 2.75) is 45.6 Å². The van der Waals surface area contributed by atoms with E-state index in [1.165, 1.54) is 19.4 Å².